The van der Waals surface area contributed by atoms with Crippen molar-refractivity contribution in [2.75, 3.05) is 0 Å². The lowest BCUT2D eigenvalue weighted by Crippen LogP contribution is -2.58. The Balaban J connectivity index is 1.57. The van der Waals surface area contributed by atoms with Crippen molar-refractivity contribution in [2.24, 2.45) is 9.98 Å². The summed E-state index contributed by atoms with van der Waals surface area (Å²) in [5.74, 6) is -1.43. The first-order valence-corrected chi connectivity index (χ1v) is 11.7. The van der Waals surface area contributed by atoms with E-state index in [1.54, 1.807) is 6.92 Å². The van der Waals surface area contributed by atoms with Crippen molar-refractivity contribution in [3.05, 3.63) is 0 Å². The predicted octanol–water partition coefficient (Wildman–Crippen LogP) is -1.29. The number of carbonyl (C=O) groups excluding carboxylic acids is 3. The average molecular weight is 472 g/mol. The van der Waals surface area contributed by atoms with Crippen molar-refractivity contribution in [3.63, 3.8) is 0 Å². The Morgan fingerprint density at radius 2 is 2.06 bits per heavy atom. The Morgan fingerprint density at radius 3 is 2.78 bits per heavy atom. The van der Waals surface area contributed by atoms with Crippen molar-refractivity contribution in [1.29, 1.82) is 0 Å². The van der Waals surface area contributed by atoms with Crippen LogP contribution in [0.5, 0.6) is 0 Å². The van der Waals surface area contributed by atoms with Crippen LogP contribution in [0.3, 0.4) is 0 Å². The molecular weight excluding hydrogens is 449 g/mol. The minimum atomic E-state index is -4.60. The molecule has 32 heavy (non-hydrogen) atoms. The van der Waals surface area contributed by atoms with Crippen LogP contribution in [0.2, 0.25) is 0 Å². The van der Waals surface area contributed by atoms with Gasteiger partial charge in [0.05, 0.1) is 6.34 Å². The molecule has 0 aliphatic carbocycles. The van der Waals surface area contributed by atoms with Crippen LogP contribution in [0.25, 0.3) is 0 Å². The first-order chi connectivity index (χ1) is 15.2. The minimum absolute atomic E-state index is 0.0421. The van der Waals surface area contributed by atoms with E-state index in [4.69, 9.17) is 18.5 Å². The highest BCUT2D eigenvalue weighted by molar-refractivity contribution is 7.46. The molecule has 4 aliphatic rings. The number of guanidine groups is 1. The molecule has 2 N–H and O–H groups in total. The fourth-order valence-electron chi connectivity index (χ4n) is 3.74. The Kier molecular flexibility index (Phi) is 6.32. The van der Waals surface area contributed by atoms with E-state index in [1.807, 2.05) is 6.92 Å². The van der Waals surface area contributed by atoms with E-state index in [2.05, 4.69) is 20.6 Å². The number of carbonyl (C=O) groups is 3. The molecule has 176 valence electrons. The van der Waals surface area contributed by atoms with Gasteiger partial charge in [0.1, 0.15) is 0 Å². The normalized spacial score (nSPS) is 37.5. The summed E-state index contributed by atoms with van der Waals surface area (Å²) >= 11 is 0. The maximum Gasteiger partial charge on any atom is 0.306 e. The molecule has 2 amide bonds. The summed E-state index contributed by atoms with van der Waals surface area (Å²) in [6, 6.07) is -0.940. The van der Waals surface area contributed by atoms with Crippen molar-refractivity contribution in [2.45, 2.75) is 76.5 Å². The molecule has 0 aromatic heterocycles. The summed E-state index contributed by atoms with van der Waals surface area (Å²) in [5.41, 5.74) is 0. The second-order valence-electron chi connectivity index (χ2n) is 7.56. The number of aliphatic imine (C=N–C) groups is 2. The topological polar surface area (TPSA) is 180 Å². The zero-order valence-electron chi connectivity index (χ0n) is 17.3. The first-order valence-electron chi connectivity index (χ1n) is 10.2. The summed E-state index contributed by atoms with van der Waals surface area (Å²) < 4.78 is 32.6. The molecular formula is C17H23N5O9P-. The molecule has 0 saturated carbocycles. The maximum atomic E-state index is 12.5. The maximum absolute atomic E-state index is 12.5. The SMILES string of the molecule is CCCC(=O)NC1=NC2C(N=CN2C2OC3OP(=O)([O-])OC3C2OC(=O)CCC)C(=O)N1. The van der Waals surface area contributed by atoms with E-state index in [0.29, 0.717) is 12.8 Å². The highest BCUT2D eigenvalue weighted by Crippen LogP contribution is 2.54. The number of hydrogen-bond acceptors (Lipinski definition) is 12. The molecule has 2 saturated heterocycles. The molecule has 0 spiro atoms. The van der Waals surface area contributed by atoms with Gasteiger partial charge in [-0.25, -0.2) is 4.99 Å². The molecule has 0 aromatic rings. The van der Waals surface area contributed by atoms with E-state index in [-0.39, 0.29) is 24.7 Å². The van der Waals surface area contributed by atoms with Crippen LogP contribution in [-0.2, 0) is 37.5 Å². The summed E-state index contributed by atoms with van der Waals surface area (Å²) in [6.07, 6.45) is -2.97. The highest BCUT2D eigenvalue weighted by atomic mass is 31.2. The van der Waals surface area contributed by atoms with Crippen LogP contribution in [-0.4, -0.2) is 71.9 Å². The minimum Gasteiger partial charge on any atom is -0.756 e. The van der Waals surface area contributed by atoms with Gasteiger partial charge < -0.3 is 23.8 Å². The van der Waals surface area contributed by atoms with Crippen LogP contribution in [0.1, 0.15) is 39.5 Å². The van der Waals surface area contributed by atoms with E-state index in [1.165, 1.54) is 11.2 Å². The second-order valence-corrected chi connectivity index (χ2v) is 8.87. The van der Waals surface area contributed by atoms with Gasteiger partial charge in [0.15, 0.2) is 36.9 Å². The second kappa shape index (κ2) is 8.87. The molecule has 15 heteroatoms. The number of nitrogens with one attached hydrogen (secondary N) is 2. The van der Waals surface area contributed by atoms with Gasteiger partial charge in [-0.3, -0.25) is 39.1 Å². The molecule has 4 heterocycles. The third-order valence-corrected chi connectivity index (χ3v) is 6.07. The number of phosphoric ester groups is 1. The number of hydrogen-bond donors (Lipinski definition) is 2. The van der Waals surface area contributed by atoms with E-state index in [0.717, 1.165) is 0 Å². The zero-order valence-corrected chi connectivity index (χ0v) is 18.2. The predicted molar refractivity (Wildman–Crippen MR) is 104 cm³/mol. The highest BCUT2D eigenvalue weighted by Gasteiger charge is 2.59. The molecule has 4 aliphatic heterocycles. The van der Waals surface area contributed by atoms with Gasteiger partial charge in [-0.1, -0.05) is 13.8 Å². The lowest BCUT2D eigenvalue weighted by molar-refractivity contribution is -0.229. The monoisotopic (exact) mass is 472 g/mol. The smallest absolute Gasteiger partial charge is 0.306 e. The zero-order chi connectivity index (χ0) is 23.0. The van der Waals surface area contributed by atoms with Gasteiger partial charge in [0.25, 0.3) is 13.7 Å². The molecule has 7 unspecified atom stereocenters. The van der Waals surface area contributed by atoms with Gasteiger partial charge in [0.2, 0.25) is 11.9 Å². The van der Waals surface area contributed by atoms with Gasteiger partial charge in [0, 0.05) is 12.8 Å². The summed E-state index contributed by atoms with van der Waals surface area (Å²) in [5, 5.41) is 5.01. The Morgan fingerprint density at radius 1 is 1.31 bits per heavy atom. The van der Waals surface area contributed by atoms with Crippen molar-refractivity contribution in [1.82, 2.24) is 15.5 Å². The molecule has 14 nitrogen and oxygen atoms in total. The lowest BCUT2D eigenvalue weighted by Gasteiger charge is -2.35. The molecule has 7 atom stereocenters. The van der Waals surface area contributed by atoms with Crippen LogP contribution < -0.4 is 15.5 Å². The van der Waals surface area contributed by atoms with Crippen molar-refractivity contribution in [3.8, 4) is 0 Å². The Hall–Kier alpha value is -2.38. The number of esters is 1. The molecule has 0 radical (unpaired) electrons. The lowest BCUT2D eigenvalue weighted by atomic mass is 10.1. The van der Waals surface area contributed by atoms with Crippen LogP contribution in [0.4, 0.5) is 0 Å². The van der Waals surface area contributed by atoms with Crippen LogP contribution in [0.15, 0.2) is 9.98 Å². The van der Waals surface area contributed by atoms with Gasteiger partial charge >= 0.3 is 5.97 Å². The van der Waals surface area contributed by atoms with Crippen LogP contribution in [0, 0.1) is 0 Å². The standard InChI is InChI=1S/C17H24N5O9P/c1-3-5-8(23)19-17-20-13-10(14(25)21-17)18-7-22(13)15-11(28-9(24)6-4-2)12-16(29-15)31-32(26,27)30-12/h7,10-13,15-16H,3-6H2,1-2H3,(H,26,27)(H2,19,20,21,23,25)/p-1. The fraction of sp³-hybridized carbons (Fsp3) is 0.706. The van der Waals surface area contributed by atoms with Gasteiger partial charge in [-0.15, -0.1) is 0 Å². The fourth-order valence-corrected chi connectivity index (χ4v) is 4.73. The molecule has 2 fully saturated rings. The van der Waals surface area contributed by atoms with E-state index >= 15 is 0 Å². The van der Waals surface area contributed by atoms with Crippen molar-refractivity contribution < 1.29 is 42.4 Å². The summed E-state index contributed by atoms with van der Waals surface area (Å²) in [6.45, 7) is 3.62. The average Bonchev–Trinajstić information content (AvgIpc) is 3.33. The van der Waals surface area contributed by atoms with Gasteiger partial charge in [-0.2, -0.15) is 0 Å². The number of phosphoric acid groups is 1. The third-order valence-electron chi connectivity index (χ3n) is 5.10. The quantitative estimate of drug-likeness (QED) is 0.349. The summed E-state index contributed by atoms with van der Waals surface area (Å²) in [4.78, 5) is 58.2. The number of amides is 2. The molecule has 0 aromatic carbocycles. The van der Waals surface area contributed by atoms with E-state index < -0.39 is 56.6 Å². The Bertz CT molecular complexity index is 911. The summed E-state index contributed by atoms with van der Waals surface area (Å²) in [7, 11) is -4.60. The largest absolute Gasteiger partial charge is 0.756 e. The van der Waals surface area contributed by atoms with Crippen LogP contribution >= 0.6 is 7.82 Å². The van der Waals surface area contributed by atoms with Crippen molar-refractivity contribution >= 4 is 37.9 Å². The first kappa shape index (κ1) is 22.8. The molecule has 4 rings (SSSR count). The molecule has 0 bridgehead atoms. The van der Waals surface area contributed by atoms with Gasteiger partial charge in [-0.05, 0) is 12.8 Å². The number of rotatable bonds is 6. The number of fused-ring (bicyclic) bond motifs is 2. The number of nitrogens with zero attached hydrogens (tertiary/aromatic N) is 3. The van der Waals surface area contributed by atoms with E-state index in [9.17, 15) is 23.8 Å². The Labute approximate surface area is 182 Å². The third kappa shape index (κ3) is 4.41. The number of ether oxygens (including phenoxy) is 2.